The van der Waals surface area contributed by atoms with Crippen LogP contribution in [-0.4, -0.2) is 61.0 Å². The lowest BCUT2D eigenvalue weighted by atomic mass is 10.0. The molecule has 0 aromatic rings. The Hall–Kier alpha value is -2.56. The lowest BCUT2D eigenvalue weighted by Gasteiger charge is -2.22. The highest BCUT2D eigenvalue weighted by Crippen LogP contribution is 2.08. The maximum absolute atomic E-state index is 12.0. The van der Waals surface area contributed by atoms with Gasteiger partial charge >= 0.3 is 12.2 Å². The molecule has 0 saturated carbocycles. The quantitative estimate of drug-likeness (QED) is 0.225. The molecule has 1 aliphatic heterocycles. The zero-order chi connectivity index (χ0) is 22.8. The summed E-state index contributed by atoms with van der Waals surface area (Å²) in [4.78, 5) is 41.1. The third-order valence-electron chi connectivity index (χ3n) is 3.51. The van der Waals surface area contributed by atoms with Gasteiger partial charge in [0.1, 0.15) is 17.8 Å². The first-order valence-corrected chi connectivity index (χ1v) is 10.1. The van der Waals surface area contributed by atoms with E-state index in [0.29, 0.717) is 0 Å². The molecule has 1 saturated heterocycles. The summed E-state index contributed by atoms with van der Waals surface area (Å²) in [6.07, 6.45) is 1.24. The fraction of sp³-hybridized carbons (Fsp3) is 0.789. The zero-order valence-electron chi connectivity index (χ0n) is 18.7. The summed E-state index contributed by atoms with van der Waals surface area (Å²) in [6, 6.07) is -0.194. The molecule has 172 valence electrons. The summed E-state index contributed by atoms with van der Waals surface area (Å²) in [5.74, 6) is -0.389. The van der Waals surface area contributed by atoms with E-state index in [2.05, 4.69) is 26.4 Å². The largest absolute Gasteiger partial charge is 0.444 e. The lowest BCUT2D eigenvalue weighted by Crippen LogP contribution is -2.47. The van der Waals surface area contributed by atoms with Crippen LogP contribution in [0.3, 0.4) is 0 Å². The summed E-state index contributed by atoms with van der Waals surface area (Å²) >= 11 is 0. The van der Waals surface area contributed by atoms with E-state index in [-0.39, 0.29) is 31.1 Å². The standard InChI is InChI=1S/C19H35N5O6/c1-18(2,3)29-16(26)22-15(23-17(27)30-19(4,5)6)24-28-12-11-21-14(25)13-9-7-8-10-20-13/h13,20H,7-12H2,1-6H3,(H,21,25)(H2,22,23,24,26,27)/t13-/m0/s1. The van der Waals surface area contributed by atoms with E-state index >= 15 is 0 Å². The van der Waals surface area contributed by atoms with Crippen molar-refractivity contribution in [3.8, 4) is 0 Å². The maximum atomic E-state index is 12.0. The number of amides is 3. The summed E-state index contributed by atoms with van der Waals surface area (Å²) in [5.41, 5.74) is -1.47. The van der Waals surface area contributed by atoms with Crippen LogP contribution in [0.4, 0.5) is 9.59 Å². The van der Waals surface area contributed by atoms with Crippen LogP contribution in [0.15, 0.2) is 5.16 Å². The van der Waals surface area contributed by atoms with Crippen molar-refractivity contribution in [3.05, 3.63) is 0 Å². The Bertz CT molecular complexity index is 586. The zero-order valence-corrected chi connectivity index (χ0v) is 18.7. The molecule has 0 spiro atoms. The summed E-state index contributed by atoms with van der Waals surface area (Å²) in [5, 5.41) is 14.2. The predicted octanol–water partition coefficient (Wildman–Crippen LogP) is 1.58. The second-order valence-electron chi connectivity index (χ2n) is 8.82. The van der Waals surface area contributed by atoms with Crippen molar-refractivity contribution in [1.29, 1.82) is 0 Å². The smallest absolute Gasteiger partial charge is 0.414 e. The van der Waals surface area contributed by atoms with Crippen LogP contribution in [0.5, 0.6) is 0 Å². The number of guanidine groups is 1. The van der Waals surface area contributed by atoms with Gasteiger partial charge < -0.3 is 24.9 Å². The molecule has 30 heavy (non-hydrogen) atoms. The Morgan fingerprint density at radius 2 is 1.53 bits per heavy atom. The molecule has 3 amide bonds. The number of carbonyl (C=O) groups excluding carboxylic acids is 3. The average Bonchev–Trinajstić information content (AvgIpc) is 2.58. The molecule has 1 atom stereocenters. The van der Waals surface area contributed by atoms with Crippen LogP contribution in [-0.2, 0) is 19.1 Å². The number of ether oxygens (including phenoxy) is 2. The van der Waals surface area contributed by atoms with Gasteiger partial charge in [-0.1, -0.05) is 6.42 Å². The third-order valence-corrected chi connectivity index (χ3v) is 3.51. The Kier molecular flexibility index (Phi) is 9.83. The minimum absolute atomic E-state index is 0.0357. The van der Waals surface area contributed by atoms with E-state index in [1.807, 2.05) is 0 Å². The topological polar surface area (TPSA) is 139 Å². The molecule has 1 rings (SSSR count). The number of alkyl carbamates (subject to hydrolysis) is 2. The fourth-order valence-electron chi connectivity index (χ4n) is 2.41. The van der Waals surface area contributed by atoms with E-state index in [1.165, 1.54) is 0 Å². The highest BCUT2D eigenvalue weighted by molar-refractivity contribution is 6.01. The van der Waals surface area contributed by atoms with E-state index in [0.717, 1.165) is 25.8 Å². The van der Waals surface area contributed by atoms with Crippen molar-refractivity contribution in [2.24, 2.45) is 5.16 Å². The van der Waals surface area contributed by atoms with Crippen LogP contribution in [0.25, 0.3) is 0 Å². The van der Waals surface area contributed by atoms with Gasteiger partial charge in [-0.25, -0.2) is 9.59 Å². The van der Waals surface area contributed by atoms with Crippen LogP contribution in [0.2, 0.25) is 0 Å². The molecule has 11 nitrogen and oxygen atoms in total. The molecule has 0 bridgehead atoms. The predicted molar refractivity (Wildman–Crippen MR) is 111 cm³/mol. The van der Waals surface area contributed by atoms with Crippen molar-refractivity contribution in [1.82, 2.24) is 21.3 Å². The fourth-order valence-corrected chi connectivity index (χ4v) is 2.41. The van der Waals surface area contributed by atoms with Gasteiger partial charge in [-0.15, -0.1) is 0 Å². The SMILES string of the molecule is CC(C)(C)OC(=O)NC(=NOCCNC(=O)[C@@H]1CCCCN1)NC(=O)OC(C)(C)C. The maximum Gasteiger partial charge on any atom is 0.414 e. The van der Waals surface area contributed by atoms with Crippen LogP contribution in [0, 0.1) is 0 Å². The van der Waals surface area contributed by atoms with Gasteiger partial charge in [-0.05, 0) is 66.1 Å². The van der Waals surface area contributed by atoms with Gasteiger partial charge in [0.25, 0.3) is 5.96 Å². The highest BCUT2D eigenvalue weighted by atomic mass is 16.6. The van der Waals surface area contributed by atoms with Gasteiger partial charge in [0, 0.05) is 0 Å². The number of nitrogens with zero attached hydrogens (tertiary/aromatic N) is 1. The van der Waals surface area contributed by atoms with Crippen molar-refractivity contribution in [2.45, 2.75) is 78.0 Å². The molecule has 0 radical (unpaired) electrons. The minimum Gasteiger partial charge on any atom is -0.444 e. The normalized spacial score (nSPS) is 16.7. The first-order valence-electron chi connectivity index (χ1n) is 10.1. The number of rotatable bonds is 5. The molecule has 4 N–H and O–H groups in total. The Morgan fingerprint density at radius 3 is 2.00 bits per heavy atom. The van der Waals surface area contributed by atoms with Crippen molar-refractivity contribution in [2.75, 3.05) is 19.7 Å². The molecule has 11 heteroatoms. The monoisotopic (exact) mass is 429 g/mol. The van der Waals surface area contributed by atoms with Crippen molar-refractivity contribution < 1.29 is 28.7 Å². The molecule has 0 aliphatic carbocycles. The average molecular weight is 430 g/mol. The molecule has 1 fully saturated rings. The number of nitrogens with one attached hydrogen (secondary N) is 4. The minimum atomic E-state index is -0.822. The van der Waals surface area contributed by atoms with Crippen LogP contribution < -0.4 is 21.3 Å². The Labute approximate surface area is 177 Å². The number of hydrogen-bond donors (Lipinski definition) is 4. The molecule has 1 aliphatic rings. The van der Waals surface area contributed by atoms with E-state index in [9.17, 15) is 14.4 Å². The summed E-state index contributed by atoms with van der Waals surface area (Å²) in [7, 11) is 0. The van der Waals surface area contributed by atoms with Gasteiger partial charge in [0.15, 0.2) is 0 Å². The second-order valence-corrected chi connectivity index (χ2v) is 8.82. The van der Waals surface area contributed by atoms with Gasteiger partial charge in [0.05, 0.1) is 12.6 Å². The van der Waals surface area contributed by atoms with E-state index in [4.69, 9.17) is 14.3 Å². The number of carbonyl (C=O) groups is 3. The molecule has 0 aromatic carbocycles. The first-order chi connectivity index (χ1) is 13.9. The van der Waals surface area contributed by atoms with Gasteiger partial charge in [-0.3, -0.25) is 15.4 Å². The number of piperidine rings is 1. The summed E-state index contributed by atoms with van der Waals surface area (Å²) < 4.78 is 10.3. The second kappa shape index (κ2) is 11.6. The molecular formula is C19H35N5O6. The first kappa shape index (κ1) is 25.5. The van der Waals surface area contributed by atoms with Gasteiger partial charge in [0.2, 0.25) is 5.91 Å². The molecule has 1 heterocycles. The Balaban J connectivity index is 2.54. The summed E-state index contributed by atoms with van der Waals surface area (Å²) in [6.45, 7) is 11.3. The van der Waals surface area contributed by atoms with E-state index < -0.39 is 23.4 Å². The van der Waals surface area contributed by atoms with Gasteiger partial charge in [-0.2, -0.15) is 0 Å². The highest BCUT2D eigenvalue weighted by Gasteiger charge is 2.22. The lowest BCUT2D eigenvalue weighted by molar-refractivity contribution is -0.123. The van der Waals surface area contributed by atoms with Crippen molar-refractivity contribution in [3.63, 3.8) is 0 Å². The van der Waals surface area contributed by atoms with Crippen molar-refractivity contribution >= 4 is 24.1 Å². The number of hydrogen-bond acceptors (Lipinski definition) is 8. The molecular weight excluding hydrogens is 394 g/mol. The molecule has 0 aromatic heterocycles. The third kappa shape index (κ3) is 12.1. The number of oxime groups is 1. The van der Waals surface area contributed by atoms with Crippen LogP contribution >= 0.6 is 0 Å². The molecule has 0 unspecified atom stereocenters. The van der Waals surface area contributed by atoms with E-state index in [1.54, 1.807) is 41.5 Å². The Morgan fingerprint density at radius 1 is 0.967 bits per heavy atom. The van der Waals surface area contributed by atoms with Crippen LogP contribution in [0.1, 0.15) is 60.8 Å².